The molecule has 1 amide bonds. The molecule has 6 nitrogen and oxygen atoms in total. The number of benzene rings is 2. The topological polar surface area (TPSA) is 85.1 Å². The summed E-state index contributed by atoms with van der Waals surface area (Å²) in [6.07, 6.45) is 0. The van der Waals surface area contributed by atoms with Crippen LogP contribution in [0.5, 0.6) is 0 Å². The maximum Gasteiger partial charge on any atom is 0.292 e. The van der Waals surface area contributed by atoms with Gasteiger partial charge in [-0.15, -0.1) is 11.3 Å². The van der Waals surface area contributed by atoms with Crippen LogP contribution in [0.3, 0.4) is 0 Å². The maximum absolute atomic E-state index is 12.6. The number of amides is 1. The zero-order chi connectivity index (χ0) is 17.1. The largest absolute Gasteiger partial charge is 0.315 e. The lowest BCUT2D eigenvalue weighted by atomic mass is 10.1. The van der Waals surface area contributed by atoms with E-state index in [9.17, 15) is 14.9 Å². The highest BCUT2D eigenvalue weighted by Crippen LogP contribution is 2.31. The highest BCUT2D eigenvalue weighted by molar-refractivity contribution is 7.15. The first-order valence-electron chi connectivity index (χ1n) is 7.14. The number of thiazole rings is 1. The molecule has 3 rings (SSSR count). The van der Waals surface area contributed by atoms with Crippen LogP contribution in [0, 0.1) is 17.0 Å². The van der Waals surface area contributed by atoms with E-state index in [1.807, 2.05) is 37.3 Å². The van der Waals surface area contributed by atoms with Gasteiger partial charge in [0.25, 0.3) is 11.6 Å². The number of nitrogens with one attached hydrogen (secondary N) is 1. The summed E-state index contributed by atoms with van der Waals surface area (Å²) in [5, 5.41) is 14.4. The molecule has 0 atom stereocenters. The molecule has 3 aromatic rings. The van der Waals surface area contributed by atoms with Crippen molar-refractivity contribution in [3.05, 3.63) is 75.4 Å². The Morgan fingerprint density at radius 2 is 1.79 bits per heavy atom. The van der Waals surface area contributed by atoms with Crippen LogP contribution in [0.25, 0.3) is 10.4 Å². The quantitative estimate of drug-likeness (QED) is 0.568. The van der Waals surface area contributed by atoms with Gasteiger partial charge in [0, 0.05) is 6.07 Å². The van der Waals surface area contributed by atoms with Crippen LogP contribution in [-0.4, -0.2) is 15.8 Å². The van der Waals surface area contributed by atoms with Gasteiger partial charge in [0.15, 0.2) is 0 Å². The van der Waals surface area contributed by atoms with Crippen molar-refractivity contribution in [1.82, 2.24) is 4.98 Å². The number of hydrogen-bond donors (Lipinski definition) is 1. The van der Waals surface area contributed by atoms with Crippen molar-refractivity contribution >= 4 is 28.6 Å². The third-order valence-electron chi connectivity index (χ3n) is 3.33. The van der Waals surface area contributed by atoms with Crippen LogP contribution in [0.15, 0.2) is 54.6 Å². The van der Waals surface area contributed by atoms with Gasteiger partial charge >= 0.3 is 0 Å². The van der Waals surface area contributed by atoms with Gasteiger partial charge in [0.2, 0.25) is 0 Å². The Bertz CT molecular complexity index is 906. The van der Waals surface area contributed by atoms with Crippen molar-refractivity contribution in [2.45, 2.75) is 6.92 Å². The molecule has 120 valence electrons. The fraction of sp³-hybridized carbons (Fsp3) is 0.0588. The summed E-state index contributed by atoms with van der Waals surface area (Å²) in [5.74, 6) is -0.465. The summed E-state index contributed by atoms with van der Waals surface area (Å²) in [5.41, 5.74) is 1.15. The van der Waals surface area contributed by atoms with Crippen molar-refractivity contribution in [2.24, 2.45) is 0 Å². The number of nitro benzene ring substituents is 1. The number of hydrogen-bond acceptors (Lipinski definition) is 5. The van der Waals surface area contributed by atoms with Gasteiger partial charge in [-0.3, -0.25) is 14.9 Å². The molecule has 7 heteroatoms. The lowest BCUT2D eigenvalue weighted by Crippen LogP contribution is -2.14. The van der Waals surface area contributed by atoms with Crippen molar-refractivity contribution in [1.29, 1.82) is 0 Å². The van der Waals surface area contributed by atoms with Crippen molar-refractivity contribution in [3.63, 3.8) is 0 Å². The first kappa shape index (κ1) is 15.8. The summed E-state index contributed by atoms with van der Waals surface area (Å²) in [7, 11) is 0. The number of anilines is 1. The number of carbonyl (C=O) groups excluding carboxylic acids is 1. The van der Waals surface area contributed by atoms with E-state index in [2.05, 4.69) is 10.3 Å². The van der Waals surface area contributed by atoms with Gasteiger partial charge in [-0.05, 0) is 18.6 Å². The van der Waals surface area contributed by atoms with Gasteiger partial charge in [-0.2, -0.15) is 0 Å². The molecule has 0 saturated carbocycles. The number of nitrogens with zero attached hydrogens (tertiary/aromatic N) is 2. The minimum Gasteiger partial charge on any atom is -0.315 e. The first-order chi connectivity index (χ1) is 11.6. The summed E-state index contributed by atoms with van der Waals surface area (Å²) in [6, 6.07) is 15.5. The number of carbonyl (C=O) groups is 1. The Kier molecular flexibility index (Phi) is 4.35. The lowest BCUT2D eigenvalue weighted by molar-refractivity contribution is -0.383. The van der Waals surface area contributed by atoms with E-state index in [0.717, 1.165) is 15.4 Å². The first-order valence-corrected chi connectivity index (χ1v) is 7.95. The van der Waals surface area contributed by atoms with Crippen LogP contribution in [0.4, 0.5) is 11.4 Å². The molecule has 0 aliphatic carbocycles. The van der Waals surface area contributed by atoms with E-state index >= 15 is 0 Å². The number of aromatic nitrogens is 1. The maximum atomic E-state index is 12.6. The van der Waals surface area contributed by atoms with E-state index in [-0.39, 0.29) is 17.1 Å². The van der Waals surface area contributed by atoms with Crippen LogP contribution < -0.4 is 5.32 Å². The van der Waals surface area contributed by atoms with Crippen molar-refractivity contribution in [3.8, 4) is 10.4 Å². The Morgan fingerprint density at radius 3 is 2.50 bits per heavy atom. The minimum atomic E-state index is -0.528. The van der Waals surface area contributed by atoms with E-state index < -0.39 is 10.8 Å². The normalized spacial score (nSPS) is 10.4. The van der Waals surface area contributed by atoms with Gasteiger partial charge in [-0.25, -0.2) is 4.98 Å². The second-order valence-corrected chi connectivity index (χ2v) is 6.21. The van der Waals surface area contributed by atoms with E-state index in [0.29, 0.717) is 0 Å². The standard InChI is InChI=1S/C17H13N3O3S/c1-11-18-15(16(24-11)12-7-3-2-4-8-12)17(21)19-13-9-5-6-10-14(13)20(22)23/h2-10H,1H3,(H,19,21). The van der Waals surface area contributed by atoms with Crippen LogP contribution in [-0.2, 0) is 0 Å². The molecule has 24 heavy (non-hydrogen) atoms. The predicted octanol–water partition coefficient (Wildman–Crippen LogP) is 4.28. The fourth-order valence-electron chi connectivity index (χ4n) is 2.29. The summed E-state index contributed by atoms with van der Waals surface area (Å²) < 4.78 is 0. The minimum absolute atomic E-state index is 0.150. The smallest absolute Gasteiger partial charge is 0.292 e. The van der Waals surface area contributed by atoms with E-state index in [4.69, 9.17) is 0 Å². The second kappa shape index (κ2) is 6.59. The number of nitro groups is 1. The second-order valence-electron chi connectivity index (χ2n) is 5.01. The molecule has 1 heterocycles. The Morgan fingerprint density at radius 1 is 1.12 bits per heavy atom. The molecule has 0 saturated heterocycles. The third-order valence-corrected chi connectivity index (χ3v) is 4.35. The highest BCUT2D eigenvalue weighted by atomic mass is 32.1. The Hall–Kier alpha value is -3.06. The van der Waals surface area contributed by atoms with Gasteiger partial charge in [0.1, 0.15) is 11.4 Å². The zero-order valence-electron chi connectivity index (χ0n) is 12.7. The number of aryl methyl sites for hydroxylation is 1. The molecule has 0 unspecified atom stereocenters. The van der Waals surface area contributed by atoms with Crippen LogP contribution in [0.2, 0.25) is 0 Å². The molecule has 1 aromatic heterocycles. The Labute approximate surface area is 141 Å². The summed E-state index contributed by atoms with van der Waals surface area (Å²) >= 11 is 1.41. The average molecular weight is 339 g/mol. The molecule has 0 aliphatic rings. The van der Waals surface area contributed by atoms with E-state index in [1.165, 1.54) is 23.5 Å². The molecule has 0 bridgehead atoms. The number of para-hydroxylation sites is 2. The fourth-order valence-corrected chi connectivity index (χ4v) is 3.21. The molecule has 0 aliphatic heterocycles. The van der Waals surface area contributed by atoms with Crippen molar-refractivity contribution in [2.75, 3.05) is 5.32 Å². The molecule has 2 aromatic carbocycles. The van der Waals surface area contributed by atoms with Gasteiger partial charge in [0.05, 0.1) is 14.8 Å². The SMILES string of the molecule is Cc1nc(C(=O)Nc2ccccc2[N+](=O)[O-])c(-c2ccccc2)s1. The molecule has 0 radical (unpaired) electrons. The number of rotatable bonds is 4. The molecule has 1 N–H and O–H groups in total. The predicted molar refractivity (Wildman–Crippen MR) is 93.3 cm³/mol. The van der Waals surface area contributed by atoms with E-state index in [1.54, 1.807) is 12.1 Å². The highest BCUT2D eigenvalue weighted by Gasteiger charge is 2.21. The molecule has 0 fully saturated rings. The average Bonchev–Trinajstić information content (AvgIpc) is 2.98. The Balaban J connectivity index is 1.96. The monoisotopic (exact) mass is 339 g/mol. The summed E-state index contributed by atoms with van der Waals surface area (Å²) in [4.78, 5) is 28.2. The molecular formula is C17H13N3O3S. The molecule has 0 spiro atoms. The summed E-state index contributed by atoms with van der Waals surface area (Å²) in [6.45, 7) is 1.82. The van der Waals surface area contributed by atoms with Crippen LogP contribution >= 0.6 is 11.3 Å². The zero-order valence-corrected chi connectivity index (χ0v) is 13.5. The third kappa shape index (κ3) is 3.16. The van der Waals surface area contributed by atoms with Gasteiger partial charge in [-0.1, -0.05) is 42.5 Å². The van der Waals surface area contributed by atoms with Crippen molar-refractivity contribution < 1.29 is 9.72 Å². The lowest BCUT2D eigenvalue weighted by Gasteiger charge is -2.06. The molecular weight excluding hydrogens is 326 g/mol. The van der Waals surface area contributed by atoms with Gasteiger partial charge < -0.3 is 5.32 Å². The van der Waals surface area contributed by atoms with Crippen LogP contribution in [0.1, 0.15) is 15.5 Å².